The number of carbonyl (C=O) groups excluding carboxylic acids is 2. The number of likely N-dealkylation sites (tertiary alicyclic amines) is 1. The highest BCUT2D eigenvalue weighted by Crippen LogP contribution is 2.30. The molecule has 1 fully saturated rings. The molecule has 0 spiro atoms. The van der Waals surface area contributed by atoms with Crippen molar-refractivity contribution in [3.8, 4) is 0 Å². The van der Waals surface area contributed by atoms with Crippen LogP contribution in [0.4, 0.5) is 5.82 Å². The van der Waals surface area contributed by atoms with Crippen molar-refractivity contribution < 1.29 is 19.2 Å². The third-order valence-corrected chi connectivity index (χ3v) is 5.76. The summed E-state index contributed by atoms with van der Waals surface area (Å²) in [6, 6.07) is -1.27. The molecule has 2 heterocycles. The number of nitrogens with zero attached hydrogens (tertiary/aromatic N) is 4. The van der Waals surface area contributed by atoms with Gasteiger partial charge in [-0.3, -0.25) is 9.36 Å². The van der Waals surface area contributed by atoms with Crippen LogP contribution in [-0.4, -0.2) is 50.9 Å². The summed E-state index contributed by atoms with van der Waals surface area (Å²) in [7, 11) is 1.31. The SMILES string of the molecule is COC(=O)[C@@H]1CCCN1C(=O)C(CCC1C=CC=CC1C)n1cnc([N+](=O)[O-])c1. The van der Waals surface area contributed by atoms with Crippen LogP contribution in [0.3, 0.4) is 0 Å². The lowest BCUT2D eigenvalue weighted by Crippen LogP contribution is -2.44. The molecule has 0 bridgehead atoms. The van der Waals surface area contributed by atoms with Crippen LogP contribution in [0.15, 0.2) is 36.8 Å². The summed E-state index contributed by atoms with van der Waals surface area (Å²) in [6.45, 7) is 2.59. The molecule has 4 atom stereocenters. The minimum atomic E-state index is -0.659. The predicted octanol–water partition coefficient (Wildman–Crippen LogP) is 2.65. The first kappa shape index (κ1) is 20.8. The van der Waals surface area contributed by atoms with Gasteiger partial charge in [-0.1, -0.05) is 31.2 Å². The Balaban J connectivity index is 1.82. The van der Waals surface area contributed by atoms with E-state index < -0.39 is 23.0 Å². The Bertz CT molecular complexity index is 831. The fraction of sp³-hybridized carbons (Fsp3) is 0.550. The van der Waals surface area contributed by atoms with Gasteiger partial charge in [-0.15, -0.1) is 0 Å². The molecule has 1 saturated heterocycles. The normalized spacial score (nSPS) is 24.5. The van der Waals surface area contributed by atoms with E-state index in [-0.39, 0.29) is 17.6 Å². The van der Waals surface area contributed by atoms with Crippen LogP contribution in [0.2, 0.25) is 0 Å². The summed E-state index contributed by atoms with van der Waals surface area (Å²) >= 11 is 0. The standard InChI is InChI=1S/C20H26N4O5/c1-14-6-3-4-7-15(14)9-10-16(22-12-18(21-13-22)24(27)28)19(25)23-11-5-8-17(23)20(26)29-2/h3-4,6-7,12-17H,5,8-11H2,1-2H3/t14?,15?,16?,17-/m0/s1. The lowest BCUT2D eigenvalue weighted by atomic mass is 9.85. The molecule has 0 aromatic carbocycles. The first-order valence-electron chi connectivity index (χ1n) is 9.83. The number of nitro groups is 1. The van der Waals surface area contributed by atoms with Gasteiger partial charge in [-0.2, -0.15) is 0 Å². The van der Waals surface area contributed by atoms with E-state index in [1.54, 1.807) is 4.90 Å². The zero-order chi connectivity index (χ0) is 21.0. The molecule has 1 amide bonds. The number of hydrogen-bond acceptors (Lipinski definition) is 6. The third kappa shape index (κ3) is 4.55. The molecule has 1 aromatic rings. The molecule has 0 saturated carbocycles. The lowest BCUT2D eigenvalue weighted by molar-refractivity contribution is -0.389. The molecule has 1 aromatic heterocycles. The average molecular weight is 402 g/mol. The molecule has 1 aliphatic carbocycles. The number of imidazole rings is 1. The molecule has 29 heavy (non-hydrogen) atoms. The van der Waals surface area contributed by atoms with Gasteiger partial charge in [0.05, 0.1) is 7.11 Å². The Morgan fingerprint density at radius 2 is 2.14 bits per heavy atom. The highest BCUT2D eigenvalue weighted by molar-refractivity contribution is 5.87. The van der Waals surface area contributed by atoms with E-state index in [1.165, 1.54) is 24.2 Å². The van der Waals surface area contributed by atoms with E-state index in [4.69, 9.17) is 4.74 Å². The number of hydrogen-bond donors (Lipinski definition) is 0. The molecule has 0 radical (unpaired) electrons. The second-order valence-electron chi connectivity index (χ2n) is 7.53. The summed E-state index contributed by atoms with van der Waals surface area (Å²) in [6.07, 6.45) is 13.4. The average Bonchev–Trinajstić information content (AvgIpc) is 3.38. The van der Waals surface area contributed by atoms with Gasteiger partial charge in [-0.25, -0.2) is 4.79 Å². The van der Waals surface area contributed by atoms with Gasteiger partial charge in [-0.05, 0) is 47.4 Å². The topological polar surface area (TPSA) is 108 Å². The highest BCUT2D eigenvalue weighted by atomic mass is 16.6. The molecule has 9 heteroatoms. The van der Waals surface area contributed by atoms with E-state index in [1.807, 2.05) is 12.2 Å². The minimum absolute atomic E-state index is 0.229. The molecule has 1 aliphatic heterocycles. The van der Waals surface area contributed by atoms with Gasteiger partial charge in [0.15, 0.2) is 0 Å². The third-order valence-electron chi connectivity index (χ3n) is 5.76. The molecule has 3 rings (SSSR count). The van der Waals surface area contributed by atoms with Crippen LogP contribution in [-0.2, 0) is 14.3 Å². The quantitative estimate of drug-likeness (QED) is 0.394. The van der Waals surface area contributed by atoms with Gasteiger partial charge < -0.3 is 19.8 Å². The summed E-state index contributed by atoms with van der Waals surface area (Å²) in [5, 5.41) is 11.0. The van der Waals surface area contributed by atoms with Crippen LogP contribution in [0.1, 0.15) is 38.6 Å². The minimum Gasteiger partial charge on any atom is -0.467 e. The van der Waals surface area contributed by atoms with Crippen molar-refractivity contribution in [2.75, 3.05) is 13.7 Å². The maximum Gasteiger partial charge on any atom is 0.381 e. The Morgan fingerprint density at radius 3 is 2.79 bits per heavy atom. The smallest absolute Gasteiger partial charge is 0.381 e. The van der Waals surface area contributed by atoms with Crippen molar-refractivity contribution in [1.29, 1.82) is 0 Å². The summed E-state index contributed by atoms with van der Waals surface area (Å²) in [4.78, 5) is 41.3. The first-order chi connectivity index (χ1) is 13.9. The number of amides is 1. The number of rotatable bonds is 7. The van der Waals surface area contributed by atoms with E-state index in [0.29, 0.717) is 25.3 Å². The van der Waals surface area contributed by atoms with Crippen molar-refractivity contribution in [3.05, 3.63) is 46.9 Å². The van der Waals surface area contributed by atoms with E-state index in [9.17, 15) is 19.7 Å². The first-order valence-corrected chi connectivity index (χ1v) is 9.83. The summed E-state index contributed by atoms with van der Waals surface area (Å²) in [5.41, 5.74) is 0. The van der Waals surface area contributed by atoms with Crippen LogP contribution in [0, 0.1) is 22.0 Å². The molecular weight excluding hydrogens is 376 g/mol. The fourth-order valence-electron chi connectivity index (χ4n) is 4.07. The van der Waals surface area contributed by atoms with Gasteiger partial charge in [0.1, 0.15) is 18.3 Å². The van der Waals surface area contributed by atoms with E-state index >= 15 is 0 Å². The van der Waals surface area contributed by atoms with E-state index in [0.717, 1.165) is 12.8 Å². The number of ether oxygens (including phenoxy) is 1. The Morgan fingerprint density at radius 1 is 1.38 bits per heavy atom. The number of esters is 1. The molecular formula is C20H26N4O5. The van der Waals surface area contributed by atoms with Gasteiger partial charge in [0.25, 0.3) is 0 Å². The van der Waals surface area contributed by atoms with Crippen molar-refractivity contribution in [2.45, 2.75) is 44.7 Å². The monoisotopic (exact) mass is 402 g/mol. The van der Waals surface area contributed by atoms with Crippen LogP contribution in [0.25, 0.3) is 0 Å². The van der Waals surface area contributed by atoms with Crippen molar-refractivity contribution >= 4 is 17.7 Å². The number of carbonyl (C=O) groups is 2. The molecule has 156 valence electrons. The largest absolute Gasteiger partial charge is 0.467 e. The number of aromatic nitrogens is 2. The summed E-state index contributed by atoms with van der Waals surface area (Å²) < 4.78 is 6.35. The Kier molecular flexibility index (Phi) is 6.46. The second-order valence-corrected chi connectivity index (χ2v) is 7.53. The lowest BCUT2D eigenvalue weighted by Gasteiger charge is -2.29. The highest BCUT2D eigenvalue weighted by Gasteiger charge is 2.39. The zero-order valence-electron chi connectivity index (χ0n) is 16.6. The molecule has 0 N–H and O–H groups in total. The van der Waals surface area contributed by atoms with Gasteiger partial charge in [0.2, 0.25) is 12.2 Å². The van der Waals surface area contributed by atoms with Crippen LogP contribution < -0.4 is 0 Å². The van der Waals surface area contributed by atoms with E-state index in [2.05, 4.69) is 24.1 Å². The van der Waals surface area contributed by atoms with Crippen molar-refractivity contribution in [2.24, 2.45) is 11.8 Å². The second kappa shape index (κ2) is 9.02. The van der Waals surface area contributed by atoms with Crippen molar-refractivity contribution in [3.63, 3.8) is 0 Å². The maximum atomic E-state index is 13.4. The number of allylic oxidation sites excluding steroid dienone is 4. The molecule has 9 nitrogen and oxygen atoms in total. The fourth-order valence-corrected chi connectivity index (χ4v) is 4.07. The Labute approximate surface area is 169 Å². The van der Waals surface area contributed by atoms with Crippen molar-refractivity contribution in [1.82, 2.24) is 14.5 Å². The predicted molar refractivity (Wildman–Crippen MR) is 105 cm³/mol. The van der Waals surface area contributed by atoms with Crippen LogP contribution >= 0.6 is 0 Å². The van der Waals surface area contributed by atoms with Gasteiger partial charge in [0, 0.05) is 6.54 Å². The number of methoxy groups -OCH3 is 1. The maximum absolute atomic E-state index is 13.4. The Hall–Kier alpha value is -2.97. The summed E-state index contributed by atoms with van der Waals surface area (Å²) in [5.74, 6) is -0.331. The molecule has 2 aliphatic rings. The molecule has 3 unspecified atom stereocenters. The van der Waals surface area contributed by atoms with Gasteiger partial charge >= 0.3 is 11.8 Å². The zero-order valence-corrected chi connectivity index (χ0v) is 16.6. The van der Waals surface area contributed by atoms with Crippen LogP contribution in [0.5, 0.6) is 0 Å².